The number of aliphatic hydroxyl groups is 2. The molecular weight excluding hydrogens is 514 g/mol. The largest absolute Gasteiger partial charge is 0.507 e. The van der Waals surface area contributed by atoms with Crippen molar-refractivity contribution in [1.29, 1.82) is 0 Å². The molecule has 0 spiro atoms. The number of phenolic OH excluding ortho intramolecular Hbond substituents is 1. The van der Waals surface area contributed by atoms with Crippen molar-refractivity contribution in [2.45, 2.75) is 31.4 Å². The molecule has 2 aromatic carbocycles. The minimum absolute atomic E-state index is 0.0769. The van der Waals surface area contributed by atoms with Crippen molar-refractivity contribution < 1.29 is 34.5 Å². The lowest BCUT2D eigenvalue weighted by molar-refractivity contribution is -0.157. The Hall–Kier alpha value is -4.28. The molecule has 2 aromatic rings. The Bertz CT molecular complexity index is 1510. The topological polar surface area (TPSA) is 170 Å². The van der Waals surface area contributed by atoms with Crippen LogP contribution in [0.3, 0.4) is 0 Å². The first-order valence-corrected chi connectivity index (χ1v) is 13.0. The van der Waals surface area contributed by atoms with Crippen molar-refractivity contribution in [3.8, 4) is 16.9 Å². The van der Waals surface area contributed by atoms with Crippen molar-refractivity contribution in [3.05, 3.63) is 70.3 Å². The van der Waals surface area contributed by atoms with Gasteiger partial charge < -0.3 is 31.3 Å². The predicted molar refractivity (Wildman–Crippen MR) is 146 cm³/mol. The van der Waals surface area contributed by atoms with Gasteiger partial charge in [0, 0.05) is 18.0 Å². The normalized spacial score (nSPS) is 23.8. The average Bonchev–Trinajstić information content (AvgIpc) is 2.89. The Morgan fingerprint density at radius 3 is 2.42 bits per heavy atom. The molecule has 1 fully saturated rings. The highest BCUT2D eigenvalue weighted by atomic mass is 16.3. The molecule has 40 heavy (non-hydrogen) atoms. The number of nitrogens with zero attached hydrogens (tertiary/aromatic N) is 1. The summed E-state index contributed by atoms with van der Waals surface area (Å²) in [5, 5.41) is 36.2. The molecule has 1 saturated carbocycles. The third-order valence-corrected chi connectivity index (χ3v) is 8.07. The van der Waals surface area contributed by atoms with Gasteiger partial charge in [-0.1, -0.05) is 36.4 Å². The lowest BCUT2D eigenvalue weighted by Crippen LogP contribution is -2.60. The number of ketones is 2. The molecule has 0 heterocycles. The van der Waals surface area contributed by atoms with Gasteiger partial charge in [0.1, 0.15) is 11.5 Å². The summed E-state index contributed by atoms with van der Waals surface area (Å²) in [5.74, 6) is -5.13. The van der Waals surface area contributed by atoms with Gasteiger partial charge in [0.25, 0.3) is 5.91 Å². The van der Waals surface area contributed by atoms with Crippen LogP contribution in [0.25, 0.3) is 16.9 Å². The maximum Gasteiger partial charge on any atom is 0.252 e. The van der Waals surface area contributed by atoms with Gasteiger partial charge in [-0.15, -0.1) is 0 Å². The van der Waals surface area contributed by atoms with Crippen LogP contribution in [0.5, 0.6) is 5.75 Å². The molecule has 10 nitrogen and oxygen atoms in total. The SMILES string of the molecule is CN(C)CC(=O)NCc1ccc(-c2ccc(O)c3c2CC2CC4CC=C(C(N)=O)C(=O)C4(O)C(=O)C2=C3O)cc1. The Balaban J connectivity index is 1.49. The first-order chi connectivity index (χ1) is 18.9. The Kier molecular flexibility index (Phi) is 6.85. The average molecular weight is 546 g/mol. The number of carbonyl (C=O) groups excluding carboxylic acids is 4. The summed E-state index contributed by atoms with van der Waals surface area (Å²) in [5.41, 5.74) is 5.44. The predicted octanol–water partition coefficient (Wildman–Crippen LogP) is 1.38. The van der Waals surface area contributed by atoms with Crippen LogP contribution >= 0.6 is 0 Å². The maximum atomic E-state index is 13.6. The van der Waals surface area contributed by atoms with Crippen molar-refractivity contribution in [1.82, 2.24) is 10.2 Å². The van der Waals surface area contributed by atoms with E-state index in [-0.39, 0.29) is 42.2 Å². The number of nitrogens with one attached hydrogen (secondary N) is 1. The molecule has 3 atom stereocenters. The highest BCUT2D eigenvalue weighted by Gasteiger charge is 2.60. The molecule has 0 saturated heterocycles. The molecule has 0 bridgehead atoms. The zero-order valence-electron chi connectivity index (χ0n) is 22.2. The Labute approximate surface area is 230 Å². The lowest BCUT2D eigenvalue weighted by atomic mass is 9.59. The standard InChI is InChI=1S/C30H31N3O7/c1-33(2)14-23(35)32-13-15-3-5-16(6-4-15)19-9-10-22(34)25-21(19)12-17-11-18-7-8-20(29(31)39)27(37)30(18,40)28(38)24(17)26(25)36/h3-6,8-10,17-18,34,36,40H,7,11-14H2,1-2H3,(H2,31,39)(H,32,35). The minimum atomic E-state index is -2.50. The Morgan fingerprint density at radius 2 is 1.77 bits per heavy atom. The second kappa shape index (κ2) is 10.0. The second-order valence-electron chi connectivity index (χ2n) is 10.9. The van der Waals surface area contributed by atoms with Gasteiger partial charge in [-0.2, -0.15) is 0 Å². The molecule has 5 rings (SSSR count). The van der Waals surface area contributed by atoms with E-state index in [2.05, 4.69) is 5.32 Å². The van der Waals surface area contributed by atoms with Gasteiger partial charge in [0.15, 0.2) is 5.60 Å². The fourth-order valence-corrected chi connectivity index (χ4v) is 6.13. The van der Waals surface area contributed by atoms with E-state index in [9.17, 15) is 34.5 Å². The van der Waals surface area contributed by atoms with Gasteiger partial charge in [0.05, 0.1) is 17.7 Å². The quantitative estimate of drug-likeness (QED) is 0.268. The summed E-state index contributed by atoms with van der Waals surface area (Å²) in [6, 6.07) is 10.7. The lowest BCUT2D eigenvalue weighted by Gasteiger charge is -2.45. The smallest absolute Gasteiger partial charge is 0.252 e. The molecule has 0 aliphatic heterocycles. The Morgan fingerprint density at radius 1 is 1.07 bits per heavy atom. The van der Waals surface area contributed by atoms with E-state index in [4.69, 9.17) is 5.73 Å². The van der Waals surface area contributed by atoms with Crippen LogP contribution in [0, 0.1) is 11.8 Å². The molecule has 3 aliphatic rings. The number of hydrogen-bond donors (Lipinski definition) is 5. The number of fused-ring (bicyclic) bond motifs is 3. The molecule has 10 heteroatoms. The third-order valence-electron chi connectivity index (χ3n) is 8.07. The van der Waals surface area contributed by atoms with E-state index in [1.54, 1.807) is 11.0 Å². The summed E-state index contributed by atoms with van der Waals surface area (Å²) < 4.78 is 0. The first-order valence-electron chi connectivity index (χ1n) is 13.0. The number of rotatable bonds is 6. The van der Waals surface area contributed by atoms with Gasteiger partial charge in [-0.05, 0) is 67.6 Å². The van der Waals surface area contributed by atoms with Crippen LogP contribution < -0.4 is 11.1 Å². The number of hydrogen-bond acceptors (Lipinski definition) is 8. The number of aromatic hydroxyl groups is 1. The molecular formula is C30H31N3O7. The van der Waals surface area contributed by atoms with Crippen molar-refractivity contribution in [2.24, 2.45) is 17.6 Å². The van der Waals surface area contributed by atoms with Crippen LogP contribution in [0.2, 0.25) is 0 Å². The molecule has 3 aliphatic carbocycles. The summed E-state index contributed by atoms with van der Waals surface area (Å²) in [6.07, 6.45) is 1.99. The number of carbonyl (C=O) groups is 4. The fraction of sp³-hybridized carbons (Fsp3) is 0.333. The number of aliphatic hydroxyl groups excluding tert-OH is 1. The highest BCUT2D eigenvalue weighted by molar-refractivity contribution is 6.32. The van der Waals surface area contributed by atoms with E-state index in [1.807, 2.05) is 38.4 Å². The molecule has 0 aromatic heterocycles. The number of primary amides is 1. The van der Waals surface area contributed by atoms with Gasteiger partial charge in [-0.25, -0.2) is 0 Å². The van der Waals surface area contributed by atoms with Crippen LogP contribution in [-0.4, -0.2) is 69.8 Å². The van der Waals surface area contributed by atoms with Crippen molar-refractivity contribution >= 4 is 29.1 Å². The molecule has 3 unspecified atom stereocenters. The number of amides is 2. The number of benzene rings is 2. The summed E-state index contributed by atoms with van der Waals surface area (Å²) >= 11 is 0. The highest BCUT2D eigenvalue weighted by Crippen LogP contribution is 2.51. The molecule has 2 amide bonds. The first kappa shape index (κ1) is 27.3. The van der Waals surface area contributed by atoms with Gasteiger partial charge in [-0.3, -0.25) is 19.2 Å². The fourth-order valence-electron chi connectivity index (χ4n) is 6.13. The number of allylic oxidation sites excluding steroid dienone is 1. The van der Waals surface area contributed by atoms with Crippen LogP contribution in [-0.2, 0) is 32.1 Å². The van der Waals surface area contributed by atoms with Crippen LogP contribution in [0.4, 0.5) is 0 Å². The van der Waals surface area contributed by atoms with E-state index in [0.29, 0.717) is 18.5 Å². The molecule has 0 radical (unpaired) electrons. The zero-order valence-corrected chi connectivity index (χ0v) is 22.2. The number of likely N-dealkylation sites (N-methyl/N-ethyl adjacent to an activating group) is 1. The second-order valence-corrected chi connectivity index (χ2v) is 10.9. The van der Waals surface area contributed by atoms with Crippen LogP contribution in [0.15, 0.2) is 53.6 Å². The third kappa shape index (κ3) is 4.39. The molecule has 6 N–H and O–H groups in total. The van der Waals surface area contributed by atoms with E-state index in [1.165, 1.54) is 12.1 Å². The van der Waals surface area contributed by atoms with Crippen molar-refractivity contribution in [3.63, 3.8) is 0 Å². The van der Waals surface area contributed by atoms with Crippen molar-refractivity contribution in [2.75, 3.05) is 20.6 Å². The van der Waals surface area contributed by atoms with Gasteiger partial charge >= 0.3 is 0 Å². The summed E-state index contributed by atoms with van der Waals surface area (Å²) in [7, 11) is 3.63. The summed E-state index contributed by atoms with van der Waals surface area (Å²) in [6.45, 7) is 0.655. The van der Waals surface area contributed by atoms with E-state index in [0.717, 1.165) is 16.7 Å². The number of phenols is 1. The van der Waals surface area contributed by atoms with Crippen LogP contribution in [0.1, 0.15) is 29.5 Å². The zero-order chi connectivity index (χ0) is 28.9. The monoisotopic (exact) mass is 545 g/mol. The van der Waals surface area contributed by atoms with E-state index < -0.39 is 46.2 Å². The van der Waals surface area contributed by atoms with Gasteiger partial charge in [0.2, 0.25) is 17.5 Å². The number of Topliss-reactive ketones (excluding diaryl/α,β-unsaturated/α-hetero) is 2. The summed E-state index contributed by atoms with van der Waals surface area (Å²) in [4.78, 5) is 52.1. The minimum Gasteiger partial charge on any atom is -0.507 e. The maximum absolute atomic E-state index is 13.6. The number of nitrogens with two attached hydrogens (primary N) is 1. The van der Waals surface area contributed by atoms with E-state index >= 15 is 0 Å². The molecule has 208 valence electrons.